The number of aromatic nitrogens is 2. The average Bonchev–Trinajstić information content (AvgIpc) is 3.28. The zero-order chi connectivity index (χ0) is 24.2. The molecule has 2 unspecified atom stereocenters. The number of alkyl halides is 3. The molecule has 33 heavy (non-hydrogen) atoms. The minimum Gasteiger partial charge on any atom is -0.309 e. The van der Waals surface area contributed by atoms with Crippen molar-refractivity contribution in [2.24, 2.45) is 16.3 Å². The van der Waals surface area contributed by atoms with Crippen molar-refractivity contribution in [2.75, 3.05) is 5.32 Å². The molecule has 2 aromatic heterocycles. The zero-order valence-electron chi connectivity index (χ0n) is 17.2. The molecule has 12 heteroatoms. The normalized spacial score (nSPS) is 18.9. The summed E-state index contributed by atoms with van der Waals surface area (Å²) in [6, 6.07) is 5.54. The van der Waals surface area contributed by atoms with E-state index in [1.807, 2.05) is 0 Å². The fourth-order valence-electron chi connectivity index (χ4n) is 3.18. The third-order valence-corrected chi connectivity index (χ3v) is 6.01. The van der Waals surface area contributed by atoms with Gasteiger partial charge in [0.05, 0.1) is 18.2 Å². The number of halogens is 3. The molecule has 0 saturated carbocycles. The molecule has 1 aliphatic rings. The molecular formula is C21H17F3N6O2S. The zero-order valence-corrected chi connectivity index (χ0v) is 18.0. The maximum Gasteiger partial charge on any atom is 0.427 e. The van der Waals surface area contributed by atoms with Crippen molar-refractivity contribution in [1.29, 1.82) is 5.26 Å². The Hall–Kier alpha value is -3.85. The lowest BCUT2D eigenvalue weighted by Crippen LogP contribution is -2.50. The van der Waals surface area contributed by atoms with Crippen molar-refractivity contribution in [3.8, 4) is 6.07 Å². The molecule has 3 rings (SSSR count). The van der Waals surface area contributed by atoms with E-state index in [2.05, 4.69) is 38.2 Å². The maximum absolute atomic E-state index is 13.0. The van der Waals surface area contributed by atoms with Crippen LogP contribution in [0.25, 0.3) is 5.57 Å². The van der Waals surface area contributed by atoms with E-state index in [4.69, 9.17) is 0 Å². The summed E-state index contributed by atoms with van der Waals surface area (Å²) >= 11 is 0.267. The van der Waals surface area contributed by atoms with Crippen LogP contribution in [0.4, 0.5) is 18.3 Å². The smallest absolute Gasteiger partial charge is 0.309 e. The Morgan fingerprint density at radius 1 is 1.36 bits per heavy atom. The number of carbonyl (C=O) groups is 2. The van der Waals surface area contributed by atoms with Gasteiger partial charge in [-0.2, -0.15) is 18.4 Å². The molecule has 0 radical (unpaired) electrons. The summed E-state index contributed by atoms with van der Waals surface area (Å²) in [4.78, 5) is 35.8. The number of thiazole rings is 1. The highest BCUT2D eigenvalue weighted by Crippen LogP contribution is 2.42. The minimum atomic E-state index is -4.60. The lowest BCUT2D eigenvalue weighted by atomic mass is 9.69. The summed E-state index contributed by atoms with van der Waals surface area (Å²) in [5.41, 5.74) is -0.376. The predicted molar refractivity (Wildman–Crippen MR) is 116 cm³/mol. The first-order chi connectivity index (χ1) is 15.6. The molecule has 0 bridgehead atoms. The van der Waals surface area contributed by atoms with Gasteiger partial charge in [-0.1, -0.05) is 30.9 Å². The van der Waals surface area contributed by atoms with Crippen molar-refractivity contribution < 1.29 is 22.8 Å². The first-order valence-electron chi connectivity index (χ1n) is 9.47. The Bertz CT molecular complexity index is 1180. The van der Waals surface area contributed by atoms with Crippen LogP contribution in [0.15, 0.2) is 54.6 Å². The number of aliphatic imine (C=N–C) groups is 1. The van der Waals surface area contributed by atoms with Crippen LogP contribution in [-0.2, 0) is 15.8 Å². The van der Waals surface area contributed by atoms with Crippen LogP contribution >= 0.6 is 11.3 Å². The van der Waals surface area contributed by atoms with Gasteiger partial charge in [0.25, 0.3) is 0 Å². The van der Waals surface area contributed by atoms with Crippen LogP contribution in [0.1, 0.15) is 23.8 Å². The Labute approximate surface area is 190 Å². The number of hydrogen-bond acceptors (Lipinski definition) is 7. The molecule has 3 heterocycles. The van der Waals surface area contributed by atoms with Gasteiger partial charge >= 0.3 is 6.18 Å². The quantitative estimate of drug-likeness (QED) is 0.639. The molecule has 2 atom stereocenters. The van der Waals surface area contributed by atoms with Crippen molar-refractivity contribution in [1.82, 2.24) is 15.3 Å². The molecule has 1 aliphatic heterocycles. The first kappa shape index (κ1) is 23.8. The maximum atomic E-state index is 13.0. The topological polar surface area (TPSA) is 120 Å². The Morgan fingerprint density at radius 2 is 2.12 bits per heavy atom. The third kappa shape index (κ3) is 4.98. The van der Waals surface area contributed by atoms with E-state index in [1.165, 1.54) is 13.1 Å². The number of rotatable bonds is 5. The molecule has 0 saturated heterocycles. The average molecular weight is 474 g/mol. The third-order valence-electron chi connectivity index (χ3n) is 5.05. The van der Waals surface area contributed by atoms with Gasteiger partial charge < -0.3 is 10.6 Å². The summed E-state index contributed by atoms with van der Waals surface area (Å²) in [6.45, 7) is 4.80. The predicted octanol–water partition coefficient (Wildman–Crippen LogP) is 3.79. The van der Waals surface area contributed by atoms with Gasteiger partial charge in [0.2, 0.25) is 11.8 Å². The number of nitrogens with zero attached hydrogens (tertiary/aromatic N) is 4. The van der Waals surface area contributed by atoms with Crippen molar-refractivity contribution in [3.63, 3.8) is 0 Å². The monoisotopic (exact) mass is 474 g/mol. The second-order valence-corrected chi connectivity index (χ2v) is 8.10. The lowest BCUT2D eigenvalue weighted by molar-refractivity contribution is -0.134. The summed E-state index contributed by atoms with van der Waals surface area (Å²) in [7, 11) is 0. The highest BCUT2D eigenvalue weighted by atomic mass is 32.1. The van der Waals surface area contributed by atoms with Crippen LogP contribution in [0.2, 0.25) is 0 Å². The van der Waals surface area contributed by atoms with Gasteiger partial charge in [-0.3, -0.25) is 14.6 Å². The Kier molecular flexibility index (Phi) is 6.73. The summed E-state index contributed by atoms with van der Waals surface area (Å²) in [6.07, 6.45) is 1.61. The standard InChI is InChI=1S/C21H17F3N6O2S/c1-3-16(31)29-18-20(11-25,7-14(9-27-18)13-5-4-6-26-8-13)12(2)17(32)30-19-28-10-15(33-19)21(22,23)24/h3-6,8-10,12H,1,7H2,2H3,(H,27,29,31)(H,28,30,32). The van der Waals surface area contributed by atoms with Crippen LogP contribution < -0.4 is 10.6 Å². The van der Waals surface area contributed by atoms with E-state index < -0.39 is 34.2 Å². The summed E-state index contributed by atoms with van der Waals surface area (Å²) in [5.74, 6) is -2.59. The highest BCUT2D eigenvalue weighted by Gasteiger charge is 2.48. The molecule has 2 aromatic rings. The van der Waals surface area contributed by atoms with E-state index in [-0.39, 0.29) is 28.7 Å². The number of allylic oxidation sites excluding steroid dienone is 1. The van der Waals surface area contributed by atoms with Gasteiger partial charge in [0.1, 0.15) is 16.1 Å². The van der Waals surface area contributed by atoms with Crippen molar-refractivity contribution in [3.05, 3.63) is 60.0 Å². The second-order valence-electron chi connectivity index (χ2n) is 7.07. The minimum absolute atomic E-state index is 0.00823. The van der Waals surface area contributed by atoms with Gasteiger partial charge in [-0.05, 0) is 23.3 Å². The summed E-state index contributed by atoms with van der Waals surface area (Å²) in [5, 5.41) is 14.7. The Morgan fingerprint density at radius 3 is 2.70 bits per heavy atom. The van der Waals surface area contributed by atoms with Gasteiger partial charge in [-0.25, -0.2) is 9.98 Å². The van der Waals surface area contributed by atoms with Crippen LogP contribution in [-0.4, -0.2) is 27.6 Å². The molecule has 2 N–H and O–H groups in total. The largest absolute Gasteiger partial charge is 0.427 e. The number of hydrogen-bond donors (Lipinski definition) is 2. The van der Waals surface area contributed by atoms with Gasteiger partial charge in [0, 0.05) is 25.0 Å². The number of pyridine rings is 1. The highest BCUT2D eigenvalue weighted by molar-refractivity contribution is 7.15. The fraction of sp³-hybridized carbons (Fsp3) is 0.238. The number of nitrogens with one attached hydrogen (secondary N) is 2. The van der Waals surface area contributed by atoms with Gasteiger partial charge in [0.15, 0.2) is 5.13 Å². The fourth-order valence-corrected chi connectivity index (χ4v) is 3.86. The van der Waals surface area contributed by atoms with E-state index >= 15 is 0 Å². The molecule has 2 amide bonds. The molecular weight excluding hydrogens is 457 g/mol. The first-order valence-corrected chi connectivity index (χ1v) is 10.3. The molecule has 0 aliphatic carbocycles. The van der Waals surface area contributed by atoms with E-state index in [9.17, 15) is 28.0 Å². The molecule has 8 nitrogen and oxygen atoms in total. The van der Waals surface area contributed by atoms with Crippen LogP contribution in [0, 0.1) is 22.7 Å². The number of nitriles is 1. The van der Waals surface area contributed by atoms with E-state index in [1.54, 1.807) is 24.5 Å². The molecule has 0 aromatic carbocycles. The summed E-state index contributed by atoms with van der Waals surface area (Å²) < 4.78 is 38.6. The molecule has 170 valence electrons. The number of anilines is 1. The Balaban J connectivity index is 1.95. The van der Waals surface area contributed by atoms with Gasteiger partial charge in [-0.15, -0.1) is 0 Å². The second kappa shape index (κ2) is 9.33. The molecule has 0 fully saturated rings. The van der Waals surface area contributed by atoms with Crippen LogP contribution in [0.3, 0.4) is 0 Å². The van der Waals surface area contributed by atoms with Crippen molar-refractivity contribution >= 4 is 39.7 Å². The SMILES string of the molecule is C=CC(=O)NC1=NC=C(c2cccnc2)CC1(C#N)C(C)C(=O)Nc1ncc(C(F)(F)F)s1. The molecule has 0 spiro atoms. The number of amidine groups is 1. The van der Waals surface area contributed by atoms with E-state index in [0.29, 0.717) is 17.3 Å². The number of carbonyl (C=O) groups excluding carboxylic acids is 2. The van der Waals surface area contributed by atoms with Crippen LogP contribution in [0.5, 0.6) is 0 Å². The number of amides is 2. The lowest BCUT2D eigenvalue weighted by Gasteiger charge is -2.35. The van der Waals surface area contributed by atoms with E-state index in [0.717, 1.165) is 6.08 Å². The van der Waals surface area contributed by atoms with Crippen molar-refractivity contribution in [2.45, 2.75) is 19.5 Å².